The fourth-order valence-corrected chi connectivity index (χ4v) is 3.12. The highest BCUT2D eigenvalue weighted by Gasteiger charge is 2.14. The number of para-hydroxylation sites is 1. The minimum Gasteiger partial charge on any atom is -0.484 e. The van der Waals surface area contributed by atoms with Crippen molar-refractivity contribution in [2.24, 2.45) is 0 Å². The SMILES string of the molecule is Cc1cc(OCC(=O)Nc2ccccc2C(=O)NCc2cccnc2)cc(C)c1Br. The molecule has 0 saturated carbocycles. The molecule has 7 heteroatoms. The summed E-state index contributed by atoms with van der Waals surface area (Å²) in [4.78, 5) is 29.0. The van der Waals surface area contributed by atoms with Crippen LogP contribution in [0, 0.1) is 13.8 Å². The van der Waals surface area contributed by atoms with Crippen molar-refractivity contribution in [3.05, 3.63) is 87.7 Å². The number of anilines is 1. The second-order valence-electron chi connectivity index (χ2n) is 6.80. The number of nitrogens with zero attached hydrogens (tertiary/aromatic N) is 1. The molecule has 0 fully saturated rings. The van der Waals surface area contributed by atoms with E-state index in [9.17, 15) is 9.59 Å². The summed E-state index contributed by atoms with van der Waals surface area (Å²) in [6, 6.07) is 14.3. The number of pyridine rings is 1. The molecular formula is C23H22BrN3O3. The zero-order valence-corrected chi connectivity index (χ0v) is 18.3. The number of carbonyl (C=O) groups is 2. The number of ether oxygens (including phenoxy) is 1. The van der Waals surface area contributed by atoms with E-state index in [1.165, 1.54) is 0 Å². The Hall–Kier alpha value is -3.19. The Bertz CT molecular complexity index is 1030. The Kier molecular flexibility index (Phi) is 7.19. The van der Waals surface area contributed by atoms with E-state index in [0.717, 1.165) is 21.2 Å². The van der Waals surface area contributed by atoms with Crippen molar-refractivity contribution in [1.29, 1.82) is 0 Å². The van der Waals surface area contributed by atoms with Gasteiger partial charge >= 0.3 is 0 Å². The molecule has 6 nitrogen and oxygen atoms in total. The fraction of sp³-hybridized carbons (Fsp3) is 0.174. The Labute approximate surface area is 183 Å². The van der Waals surface area contributed by atoms with Gasteiger partial charge < -0.3 is 15.4 Å². The van der Waals surface area contributed by atoms with E-state index in [2.05, 4.69) is 31.5 Å². The molecule has 1 heterocycles. The van der Waals surface area contributed by atoms with Gasteiger partial charge in [0.05, 0.1) is 11.3 Å². The van der Waals surface area contributed by atoms with Gasteiger partial charge in [-0.25, -0.2) is 0 Å². The van der Waals surface area contributed by atoms with Crippen LogP contribution in [-0.4, -0.2) is 23.4 Å². The third-order valence-corrected chi connectivity index (χ3v) is 5.65. The van der Waals surface area contributed by atoms with Crippen LogP contribution in [0.25, 0.3) is 0 Å². The van der Waals surface area contributed by atoms with E-state index in [1.54, 1.807) is 36.7 Å². The van der Waals surface area contributed by atoms with Crippen molar-refractivity contribution in [3.63, 3.8) is 0 Å². The lowest BCUT2D eigenvalue weighted by Gasteiger charge is -2.13. The monoisotopic (exact) mass is 467 g/mol. The summed E-state index contributed by atoms with van der Waals surface area (Å²) in [6.07, 6.45) is 3.37. The Morgan fingerprint density at radius 1 is 1.07 bits per heavy atom. The molecular weight excluding hydrogens is 446 g/mol. The molecule has 30 heavy (non-hydrogen) atoms. The first kappa shape index (κ1) is 21.5. The molecule has 0 aliphatic rings. The summed E-state index contributed by atoms with van der Waals surface area (Å²) in [5.41, 5.74) is 3.76. The molecule has 2 N–H and O–H groups in total. The molecule has 0 spiro atoms. The lowest BCUT2D eigenvalue weighted by Crippen LogP contribution is -2.26. The smallest absolute Gasteiger partial charge is 0.262 e. The number of nitrogens with one attached hydrogen (secondary N) is 2. The van der Waals surface area contributed by atoms with Crippen LogP contribution in [0.2, 0.25) is 0 Å². The van der Waals surface area contributed by atoms with Crippen molar-refractivity contribution in [1.82, 2.24) is 10.3 Å². The third kappa shape index (κ3) is 5.67. The number of carbonyl (C=O) groups excluding carboxylic acids is 2. The van der Waals surface area contributed by atoms with Gasteiger partial charge in [-0.1, -0.05) is 34.1 Å². The zero-order chi connectivity index (χ0) is 21.5. The van der Waals surface area contributed by atoms with Gasteiger partial charge in [0.1, 0.15) is 5.75 Å². The fourth-order valence-electron chi connectivity index (χ4n) is 2.90. The molecule has 0 aliphatic heterocycles. The van der Waals surface area contributed by atoms with Gasteiger partial charge in [0.15, 0.2) is 6.61 Å². The molecule has 1 aromatic heterocycles. The molecule has 154 valence electrons. The first-order valence-corrected chi connectivity index (χ1v) is 10.2. The minimum absolute atomic E-state index is 0.161. The maximum Gasteiger partial charge on any atom is 0.262 e. The van der Waals surface area contributed by atoms with Crippen LogP contribution in [0.3, 0.4) is 0 Å². The number of aryl methyl sites for hydroxylation is 2. The maximum absolute atomic E-state index is 12.6. The Morgan fingerprint density at radius 2 is 1.80 bits per heavy atom. The molecule has 0 atom stereocenters. The van der Waals surface area contributed by atoms with Crippen LogP contribution in [0.4, 0.5) is 5.69 Å². The van der Waals surface area contributed by atoms with E-state index in [0.29, 0.717) is 23.5 Å². The average molecular weight is 468 g/mol. The second-order valence-corrected chi connectivity index (χ2v) is 7.59. The standard InChI is InChI=1S/C23H22BrN3O3/c1-15-10-18(11-16(2)22(15)24)30-14-21(28)27-20-8-4-3-7-19(20)23(29)26-13-17-6-5-9-25-12-17/h3-12H,13-14H2,1-2H3,(H,26,29)(H,27,28). The normalized spacial score (nSPS) is 10.4. The van der Waals surface area contributed by atoms with Gasteiger partial charge in [0.2, 0.25) is 0 Å². The number of benzene rings is 2. The van der Waals surface area contributed by atoms with Crippen LogP contribution in [-0.2, 0) is 11.3 Å². The number of halogens is 1. The summed E-state index contributed by atoms with van der Waals surface area (Å²) in [6.45, 7) is 4.11. The lowest BCUT2D eigenvalue weighted by atomic mass is 10.1. The number of rotatable bonds is 7. The molecule has 0 bridgehead atoms. The molecule has 2 aromatic carbocycles. The highest BCUT2D eigenvalue weighted by molar-refractivity contribution is 9.10. The highest BCUT2D eigenvalue weighted by Crippen LogP contribution is 2.26. The Morgan fingerprint density at radius 3 is 2.50 bits per heavy atom. The maximum atomic E-state index is 12.6. The van der Waals surface area contributed by atoms with Crippen LogP contribution < -0.4 is 15.4 Å². The predicted octanol–water partition coefficient (Wildman–Crippen LogP) is 4.41. The molecule has 2 amide bonds. The number of amides is 2. The average Bonchev–Trinajstić information content (AvgIpc) is 2.75. The van der Waals surface area contributed by atoms with E-state index in [1.807, 2.05) is 38.1 Å². The molecule has 0 unspecified atom stereocenters. The van der Waals surface area contributed by atoms with Gasteiger partial charge in [-0.3, -0.25) is 14.6 Å². The molecule has 0 aliphatic carbocycles. The summed E-state index contributed by atoms with van der Waals surface area (Å²) in [5, 5.41) is 5.59. The van der Waals surface area contributed by atoms with Crippen LogP contribution in [0.1, 0.15) is 27.0 Å². The third-order valence-electron chi connectivity index (χ3n) is 4.40. The van der Waals surface area contributed by atoms with Crippen molar-refractivity contribution in [3.8, 4) is 5.75 Å². The van der Waals surface area contributed by atoms with E-state index >= 15 is 0 Å². The quantitative estimate of drug-likeness (QED) is 0.539. The second kappa shape index (κ2) is 10.0. The van der Waals surface area contributed by atoms with Gasteiger partial charge in [0, 0.05) is 23.4 Å². The van der Waals surface area contributed by atoms with Crippen molar-refractivity contribution < 1.29 is 14.3 Å². The highest BCUT2D eigenvalue weighted by atomic mass is 79.9. The molecule has 3 rings (SSSR count). The zero-order valence-electron chi connectivity index (χ0n) is 16.7. The molecule has 0 saturated heterocycles. The molecule has 3 aromatic rings. The summed E-state index contributed by atoms with van der Waals surface area (Å²) in [7, 11) is 0. The van der Waals surface area contributed by atoms with Crippen LogP contribution in [0.5, 0.6) is 5.75 Å². The number of hydrogen-bond acceptors (Lipinski definition) is 4. The van der Waals surface area contributed by atoms with E-state index in [-0.39, 0.29) is 18.4 Å². The minimum atomic E-state index is -0.347. The lowest BCUT2D eigenvalue weighted by molar-refractivity contribution is -0.118. The van der Waals surface area contributed by atoms with Crippen molar-refractivity contribution in [2.45, 2.75) is 20.4 Å². The van der Waals surface area contributed by atoms with Gasteiger partial charge in [-0.05, 0) is 60.9 Å². The Balaban J connectivity index is 1.61. The van der Waals surface area contributed by atoms with Gasteiger partial charge in [-0.2, -0.15) is 0 Å². The first-order valence-electron chi connectivity index (χ1n) is 9.39. The number of aromatic nitrogens is 1. The van der Waals surface area contributed by atoms with Crippen molar-refractivity contribution >= 4 is 33.4 Å². The summed E-state index contributed by atoms with van der Waals surface area (Å²) in [5.74, 6) is -0.0126. The largest absolute Gasteiger partial charge is 0.484 e. The van der Waals surface area contributed by atoms with Crippen molar-refractivity contribution in [2.75, 3.05) is 11.9 Å². The van der Waals surface area contributed by atoms with Gasteiger partial charge in [-0.15, -0.1) is 0 Å². The van der Waals surface area contributed by atoms with Gasteiger partial charge in [0.25, 0.3) is 11.8 Å². The van der Waals surface area contributed by atoms with Crippen LogP contribution in [0.15, 0.2) is 65.4 Å². The van der Waals surface area contributed by atoms with E-state index < -0.39 is 0 Å². The first-order chi connectivity index (χ1) is 14.4. The predicted molar refractivity (Wildman–Crippen MR) is 120 cm³/mol. The van der Waals surface area contributed by atoms with E-state index in [4.69, 9.17) is 4.74 Å². The number of hydrogen-bond donors (Lipinski definition) is 2. The molecule has 0 radical (unpaired) electrons. The summed E-state index contributed by atoms with van der Waals surface area (Å²) < 4.78 is 6.64. The topological polar surface area (TPSA) is 80.3 Å². The summed E-state index contributed by atoms with van der Waals surface area (Å²) >= 11 is 3.51. The van der Waals surface area contributed by atoms with Crippen LogP contribution >= 0.6 is 15.9 Å².